The van der Waals surface area contributed by atoms with Crippen molar-refractivity contribution in [1.29, 1.82) is 0 Å². The molecule has 0 saturated heterocycles. The minimum atomic E-state index is -4.13. The number of hydrogen-bond acceptors (Lipinski definition) is 6. The van der Waals surface area contributed by atoms with Crippen LogP contribution in [0.5, 0.6) is 0 Å². The molecule has 1 N–H and O–H groups in total. The van der Waals surface area contributed by atoms with Crippen LogP contribution < -0.4 is 4.72 Å². The number of furan rings is 1. The summed E-state index contributed by atoms with van der Waals surface area (Å²) < 4.78 is 47.2. The number of nitrogens with one attached hydrogen (secondary N) is 1. The molecule has 0 amide bonds. The third kappa shape index (κ3) is 4.14. The van der Waals surface area contributed by atoms with Crippen LogP contribution >= 0.6 is 11.8 Å². The second-order valence-corrected chi connectivity index (χ2v) is 8.93. The minimum Gasteiger partial charge on any atom is -0.443 e. The van der Waals surface area contributed by atoms with Gasteiger partial charge in [0.2, 0.25) is 5.09 Å². The lowest BCUT2D eigenvalue weighted by Gasteiger charge is -2.11. The van der Waals surface area contributed by atoms with E-state index in [4.69, 9.17) is 4.42 Å². The Morgan fingerprint density at radius 1 is 1.00 bits per heavy atom. The van der Waals surface area contributed by atoms with E-state index in [0.29, 0.717) is 20.8 Å². The Kier molecular flexibility index (Phi) is 5.18. The molecule has 0 atom stereocenters. The van der Waals surface area contributed by atoms with E-state index in [9.17, 15) is 22.9 Å². The summed E-state index contributed by atoms with van der Waals surface area (Å²) in [5.74, 6) is -0.638. The molecule has 0 aliphatic carbocycles. The first-order valence-corrected chi connectivity index (χ1v) is 10.8. The first-order valence-electron chi connectivity index (χ1n) is 8.55. The van der Waals surface area contributed by atoms with Gasteiger partial charge in [-0.25, -0.2) is 4.39 Å². The molecule has 152 valence electrons. The van der Waals surface area contributed by atoms with Crippen LogP contribution in [-0.4, -0.2) is 13.3 Å². The maximum Gasteiger partial charge on any atom is 0.295 e. The lowest BCUT2D eigenvalue weighted by atomic mass is 10.3. The standard InChI is InChI=1S/C20H13FN2O5S2/c21-14-8-9-19(29-16-6-3-5-15(12-16)23(24)25)17(11-14)22-30(26,27)20-10-13-4-1-2-7-18(13)28-20/h1-12,22H. The first-order chi connectivity index (χ1) is 14.3. The van der Waals surface area contributed by atoms with Crippen LogP contribution in [0.2, 0.25) is 0 Å². The highest BCUT2D eigenvalue weighted by molar-refractivity contribution is 7.99. The lowest BCUT2D eigenvalue weighted by molar-refractivity contribution is -0.385. The molecule has 0 aliphatic heterocycles. The molecule has 1 heterocycles. The predicted molar refractivity (Wildman–Crippen MR) is 111 cm³/mol. The quantitative estimate of drug-likeness (QED) is 0.314. The van der Waals surface area contributed by atoms with Crippen molar-refractivity contribution in [2.45, 2.75) is 14.9 Å². The maximum atomic E-state index is 13.8. The SMILES string of the molecule is O=[N+]([O-])c1cccc(Sc2ccc(F)cc2NS(=O)(=O)c2cc3ccccc3o2)c1. The molecule has 0 bridgehead atoms. The van der Waals surface area contributed by atoms with Crippen molar-refractivity contribution in [2.24, 2.45) is 0 Å². The number of nitrogens with zero attached hydrogens (tertiary/aromatic N) is 1. The molecule has 1 aromatic heterocycles. The van der Waals surface area contributed by atoms with E-state index in [2.05, 4.69) is 4.72 Å². The van der Waals surface area contributed by atoms with E-state index < -0.39 is 20.8 Å². The zero-order valence-corrected chi connectivity index (χ0v) is 16.7. The van der Waals surface area contributed by atoms with Gasteiger partial charge >= 0.3 is 0 Å². The zero-order chi connectivity index (χ0) is 21.3. The molecule has 0 aliphatic rings. The number of fused-ring (bicyclic) bond motifs is 1. The smallest absolute Gasteiger partial charge is 0.295 e. The second-order valence-electron chi connectivity index (χ2n) is 6.21. The maximum absolute atomic E-state index is 13.8. The molecular formula is C20H13FN2O5S2. The van der Waals surface area contributed by atoms with Crippen molar-refractivity contribution in [3.63, 3.8) is 0 Å². The van der Waals surface area contributed by atoms with Gasteiger partial charge in [-0.2, -0.15) is 8.42 Å². The Bertz CT molecular complexity index is 1340. The number of halogens is 1. The summed E-state index contributed by atoms with van der Waals surface area (Å²) in [6.45, 7) is 0. The molecular weight excluding hydrogens is 431 g/mol. The van der Waals surface area contributed by atoms with Gasteiger partial charge in [-0.05, 0) is 30.3 Å². The normalized spacial score (nSPS) is 11.5. The van der Waals surface area contributed by atoms with Gasteiger partial charge < -0.3 is 4.42 Å². The number of para-hydroxylation sites is 1. The Morgan fingerprint density at radius 3 is 2.57 bits per heavy atom. The summed E-state index contributed by atoms with van der Waals surface area (Å²) in [5.41, 5.74) is 0.293. The molecule has 0 radical (unpaired) electrons. The second kappa shape index (κ2) is 7.81. The van der Waals surface area contributed by atoms with Crippen LogP contribution in [0.4, 0.5) is 15.8 Å². The zero-order valence-electron chi connectivity index (χ0n) is 15.1. The van der Waals surface area contributed by atoms with E-state index in [1.54, 1.807) is 30.3 Å². The molecule has 0 fully saturated rings. The fraction of sp³-hybridized carbons (Fsp3) is 0. The largest absolute Gasteiger partial charge is 0.443 e. The van der Waals surface area contributed by atoms with Gasteiger partial charge in [0.05, 0.1) is 10.6 Å². The van der Waals surface area contributed by atoms with Gasteiger partial charge in [0.15, 0.2) is 0 Å². The number of anilines is 1. The highest BCUT2D eigenvalue weighted by atomic mass is 32.2. The van der Waals surface area contributed by atoms with E-state index in [-0.39, 0.29) is 16.5 Å². The van der Waals surface area contributed by atoms with Gasteiger partial charge in [-0.15, -0.1) is 0 Å². The van der Waals surface area contributed by atoms with Crippen molar-refractivity contribution in [3.8, 4) is 0 Å². The fourth-order valence-corrected chi connectivity index (χ4v) is 4.78. The van der Waals surface area contributed by atoms with Crippen LogP contribution in [0.15, 0.2) is 92.1 Å². The van der Waals surface area contributed by atoms with Crippen LogP contribution in [-0.2, 0) is 10.0 Å². The third-order valence-electron chi connectivity index (χ3n) is 4.11. The van der Waals surface area contributed by atoms with Crippen LogP contribution in [0.3, 0.4) is 0 Å². The Hall–Kier alpha value is -3.37. The summed E-state index contributed by atoms with van der Waals surface area (Å²) in [6.07, 6.45) is 0. The van der Waals surface area contributed by atoms with E-state index in [0.717, 1.165) is 17.8 Å². The summed E-state index contributed by atoms with van der Waals surface area (Å²) in [5, 5.41) is 11.3. The fourth-order valence-electron chi connectivity index (χ4n) is 2.74. The van der Waals surface area contributed by atoms with Crippen molar-refractivity contribution in [2.75, 3.05) is 4.72 Å². The average molecular weight is 444 g/mol. The minimum absolute atomic E-state index is 0.00744. The topological polar surface area (TPSA) is 102 Å². The van der Waals surface area contributed by atoms with Crippen molar-refractivity contribution in [3.05, 3.63) is 88.7 Å². The van der Waals surface area contributed by atoms with Crippen molar-refractivity contribution in [1.82, 2.24) is 0 Å². The number of non-ortho nitro benzene ring substituents is 1. The van der Waals surface area contributed by atoms with Gasteiger partial charge in [0.1, 0.15) is 11.4 Å². The highest BCUT2D eigenvalue weighted by Gasteiger charge is 2.22. The summed E-state index contributed by atoms with van der Waals surface area (Å²) in [4.78, 5) is 11.3. The number of hydrogen-bond donors (Lipinski definition) is 1. The molecule has 7 nitrogen and oxygen atoms in total. The van der Waals surface area contributed by atoms with Crippen LogP contribution in [0.25, 0.3) is 11.0 Å². The van der Waals surface area contributed by atoms with Crippen molar-refractivity contribution >= 4 is 44.1 Å². The number of nitro benzene ring substituents is 1. The molecule has 4 rings (SSSR count). The van der Waals surface area contributed by atoms with Crippen molar-refractivity contribution < 1.29 is 22.1 Å². The van der Waals surface area contributed by atoms with Gasteiger partial charge in [0, 0.05) is 33.4 Å². The van der Waals surface area contributed by atoms with E-state index in [1.807, 2.05) is 0 Å². The number of benzene rings is 3. The predicted octanol–water partition coefficient (Wildman–Crippen LogP) is 5.43. The van der Waals surface area contributed by atoms with Gasteiger partial charge in [-0.1, -0.05) is 36.0 Å². The molecule has 30 heavy (non-hydrogen) atoms. The molecule has 3 aromatic carbocycles. The molecule has 0 saturated carbocycles. The summed E-state index contributed by atoms with van der Waals surface area (Å²) in [7, 11) is -4.13. The van der Waals surface area contributed by atoms with E-state index in [1.165, 1.54) is 36.4 Å². The van der Waals surface area contributed by atoms with Gasteiger partial charge in [-0.3, -0.25) is 14.8 Å². The number of nitro groups is 1. The molecule has 4 aromatic rings. The lowest BCUT2D eigenvalue weighted by Crippen LogP contribution is -2.13. The molecule has 10 heteroatoms. The number of rotatable bonds is 6. The van der Waals surface area contributed by atoms with Gasteiger partial charge in [0.25, 0.3) is 15.7 Å². The van der Waals surface area contributed by atoms with E-state index >= 15 is 0 Å². The summed E-state index contributed by atoms with van der Waals surface area (Å²) in [6, 6.07) is 17.7. The average Bonchev–Trinajstić information content (AvgIpc) is 3.15. The molecule has 0 unspecified atom stereocenters. The Balaban J connectivity index is 1.68. The van der Waals surface area contributed by atoms with Crippen LogP contribution in [0.1, 0.15) is 0 Å². The first kappa shape index (κ1) is 19.9. The summed E-state index contributed by atoms with van der Waals surface area (Å²) >= 11 is 1.07. The number of sulfonamides is 1. The van der Waals surface area contributed by atoms with Crippen LogP contribution in [0, 0.1) is 15.9 Å². The monoisotopic (exact) mass is 444 g/mol. The Labute approximate surface area is 174 Å². The Morgan fingerprint density at radius 2 is 1.80 bits per heavy atom. The highest BCUT2D eigenvalue weighted by Crippen LogP contribution is 2.36. The third-order valence-corrected chi connectivity index (χ3v) is 6.40. The molecule has 0 spiro atoms.